The highest BCUT2D eigenvalue weighted by atomic mass is 32.2. The lowest BCUT2D eigenvalue weighted by Gasteiger charge is -2.28. The van der Waals surface area contributed by atoms with Gasteiger partial charge in [-0.05, 0) is 62.4 Å². The van der Waals surface area contributed by atoms with Crippen LogP contribution in [0.5, 0.6) is 11.5 Å². The van der Waals surface area contributed by atoms with Crippen LogP contribution in [-0.4, -0.2) is 39.6 Å². The molecule has 0 aromatic heterocycles. The molecule has 11 heteroatoms. The average Bonchev–Trinajstić information content (AvgIpc) is 2.63. The second kappa shape index (κ2) is 9.24. The molecule has 0 aliphatic rings. The highest BCUT2D eigenvalue weighted by Gasteiger charge is 2.31. The highest BCUT2D eigenvalue weighted by molar-refractivity contribution is 7.92. The van der Waals surface area contributed by atoms with Crippen LogP contribution in [0, 0.1) is 0 Å². The maximum Gasteiger partial charge on any atom is 0.573 e. The first-order valence-electron chi connectivity index (χ1n) is 8.79. The van der Waals surface area contributed by atoms with Crippen molar-refractivity contribution in [2.45, 2.75) is 26.3 Å². The molecule has 1 amide bonds. The van der Waals surface area contributed by atoms with Gasteiger partial charge >= 0.3 is 6.36 Å². The normalized spacial score (nSPS) is 12.7. The van der Waals surface area contributed by atoms with E-state index >= 15 is 0 Å². The average molecular weight is 446 g/mol. The topological polar surface area (TPSA) is 84.9 Å². The number of nitrogens with zero attached hydrogens (tertiary/aromatic N) is 1. The van der Waals surface area contributed by atoms with E-state index in [2.05, 4.69) is 10.1 Å². The quantitative estimate of drug-likeness (QED) is 0.667. The molecule has 0 saturated heterocycles. The van der Waals surface area contributed by atoms with E-state index < -0.39 is 34.1 Å². The molecule has 2 aromatic rings. The number of carbonyl (C=O) groups is 1. The molecule has 30 heavy (non-hydrogen) atoms. The predicted octanol–water partition coefficient (Wildman–Crippen LogP) is 3.78. The SMILES string of the molecule is CCOc1ccc(N(C(C)C(=O)Nc2ccc(OC(F)(F)F)cc2)S(C)(=O)=O)cc1. The van der Waals surface area contributed by atoms with Crippen LogP contribution in [0.3, 0.4) is 0 Å². The smallest absolute Gasteiger partial charge is 0.494 e. The number of benzene rings is 2. The van der Waals surface area contributed by atoms with Gasteiger partial charge in [0, 0.05) is 5.69 Å². The zero-order chi connectivity index (χ0) is 22.5. The first-order chi connectivity index (χ1) is 13.9. The molecule has 0 saturated carbocycles. The number of anilines is 2. The summed E-state index contributed by atoms with van der Waals surface area (Å²) in [6, 6.07) is 9.56. The number of halogens is 3. The van der Waals surface area contributed by atoms with Crippen LogP contribution in [-0.2, 0) is 14.8 Å². The summed E-state index contributed by atoms with van der Waals surface area (Å²) in [6.07, 6.45) is -3.86. The van der Waals surface area contributed by atoms with Crippen LogP contribution in [0.4, 0.5) is 24.5 Å². The molecule has 164 valence electrons. The monoisotopic (exact) mass is 446 g/mol. The maximum absolute atomic E-state index is 12.6. The second-order valence-corrected chi connectivity index (χ2v) is 8.08. The van der Waals surface area contributed by atoms with Crippen LogP contribution in [0.1, 0.15) is 13.8 Å². The lowest BCUT2D eigenvalue weighted by atomic mass is 10.2. The van der Waals surface area contributed by atoms with Crippen molar-refractivity contribution in [3.8, 4) is 11.5 Å². The molecule has 0 aliphatic heterocycles. The number of hydrogen-bond acceptors (Lipinski definition) is 5. The second-order valence-electron chi connectivity index (χ2n) is 6.22. The van der Waals surface area contributed by atoms with Crippen molar-refractivity contribution in [1.82, 2.24) is 0 Å². The number of sulfonamides is 1. The van der Waals surface area contributed by atoms with E-state index in [1.807, 2.05) is 6.92 Å². The number of alkyl halides is 3. The van der Waals surface area contributed by atoms with Crippen molar-refractivity contribution in [3.05, 3.63) is 48.5 Å². The van der Waals surface area contributed by atoms with Gasteiger partial charge in [-0.2, -0.15) is 0 Å². The largest absolute Gasteiger partial charge is 0.573 e. The molecule has 0 bridgehead atoms. The Morgan fingerprint density at radius 1 is 1.07 bits per heavy atom. The van der Waals surface area contributed by atoms with Gasteiger partial charge in [-0.3, -0.25) is 9.10 Å². The summed E-state index contributed by atoms with van der Waals surface area (Å²) < 4.78 is 71.3. The van der Waals surface area contributed by atoms with E-state index in [1.54, 1.807) is 12.1 Å². The first-order valence-corrected chi connectivity index (χ1v) is 10.6. The summed E-state index contributed by atoms with van der Waals surface area (Å²) >= 11 is 0. The fourth-order valence-electron chi connectivity index (χ4n) is 2.65. The zero-order valence-corrected chi connectivity index (χ0v) is 17.3. The van der Waals surface area contributed by atoms with Gasteiger partial charge in [0.2, 0.25) is 15.9 Å². The Balaban J connectivity index is 2.18. The Morgan fingerprint density at radius 3 is 2.07 bits per heavy atom. The van der Waals surface area contributed by atoms with Crippen LogP contribution >= 0.6 is 0 Å². The van der Waals surface area contributed by atoms with Gasteiger partial charge in [-0.1, -0.05) is 0 Å². The van der Waals surface area contributed by atoms with Crippen LogP contribution in [0.15, 0.2) is 48.5 Å². The van der Waals surface area contributed by atoms with Crippen LogP contribution in [0.2, 0.25) is 0 Å². The number of nitrogens with one attached hydrogen (secondary N) is 1. The van der Waals surface area contributed by atoms with Gasteiger partial charge in [0.1, 0.15) is 17.5 Å². The minimum Gasteiger partial charge on any atom is -0.494 e. The van der Waals surface area contributed by atoms with Gasteiger partial charge in [0.05, 0.1) is 18.6 Å². The van der Waals surface area contributed by atoms with Crippen molar-refractivity contribution in [2.24, 2.45) is 0 Å². The Morgan fingerprint density at radius 2 is 1.60 bits per heavy atom. The maximum atomic E-state index is 12.6. The number of carbonyl (C=O) groups excluding carboxylic acids is 1. The molecule has 7 nitrogen and oxygen atoms in total. The van der Waals surface area contributed by atoms with Crippen molar-refractivity contribution in [1.29, 1.82) is 0 Å². The van der Waals surface area contributed by atoms with Gasteiger partial charge in [-0.15, -0.1) is 13.2 Å². The predicted molar refractivity (Wildman–Crippen MR) is 106 cm³/mol. The Kier molecular flexibility index (Phi) is 7.19. The molecule has 1 unspecified atom stereocenters. The molecule has 0 spiro atoms. The summed E-state index contributed by atoms with van der Waals surface area (Å²) in [6.45, 7) is 3.65. The number of hydrogen-bond donors (Lipinski definition) is 1. The van der Waals surface area contributed by atoms with Crippen LogP contribution < -0.4 is 19.1 Å². The van der Waals surface area contributed by atoms with Crippen molar-refractivity contribution < 1.29 is 35.9 Å². The summed E-state index contributed by atoms with van der Waals surface area (Å²) in [7, 11) is -3.82. The third kappa shape index (κ3) is 6.55. The molecule has 0 aliphatic carbocycles. The van der Waals surface area contributed by atoms with Gasteiger partial charge in [0.15, 0.2) is 0 Å². The highest BCUT2D eigenvalue weighted by Crippen LogP contribution is 2.26. The summed E-state index contributed by atoms with van der Waals surface area (Å²) in [4.78, 5) is 12.6. The Hall–Kier alpha value is -2.95. The van der Waals surface area contributed by atoms with Crippen molar-refractivity contribution >= 4 is 27.3 Å². The standard InChI is InChI=1S/C19H21F3N2O5S/c1-4-28-16-11-7-15(8-12-16)24(30(3,26)27)13(2)18(25)23-14-5-9-17(10-6-14)29-19(20,21)22/h5-13H,4H2,1-3H3,(H,23,25). The third-order valence-electron chi connectivity index (χ3n) is 3.85. The third-order valence-corrected chi connectivity index (χ3v) is 5.09. The summed E-state index contributed by atoms with van der Waals surface area (Å²) in [5.41, 5.74) is 0.444. The van der Waals surface area contributed by atoms with Gasteiger partial charge in [0.25, 0.3) is 0 Å². The lowest BCUT2D eigenvalue weighted by Crippen LogP contribution is -2.45. The van der Waals surface area contributed by atoms with Gasteiger partial charge < -0.3 is 14.8 Å². The lowest BCUT2D eigenvalue weighted by molar-refractivity contribution is -0.274. The van der Waals surface area contributed by atoms with Crippen LogP contribution in [0.25, 0.3) is 0 Å². The van der Waals surface area contributed by atoms with Crippen molar-refractivity contribution in [2.75, 3.05) is 22.5 Å². The van der Waals surface area contributed by atoms with E-state index in [0.29, 0.717) is 12.4 Å². The number of amides is 1. The van der Waals surface area contributed by atoms with E-state index in [-0.39, 0.29) is 11.4 Å². The molecule has 2 aromatic carbocycles. The van der Waals surface area contributed by atoms with E-state index in [4.69, 9.17) is 4.74 Å². The van der Waals surface area contributed by atoms with Gasteiger partial charge in [-0.25, -0.2) is 8.42 Å². The van der Waals surface area contributed by atoms with Crippen molar-refractivity contribution in [3.63, 3.8) is 0 Å². The molecule has 0 fully saturated rings. The van der Waals surface area contributed by atoms with E-state index in [1.165, 1.54) is 31.2 Å². The van der Waals surface area contributed by atoms with E-state index in [0.717, 1.165) is 22.7 Å². The minimum absolute atomic E-state index is 0.182. The fraction of sp³-hybridized carbons (Fsp3) is 0.316. The molecular weight excluding hydrogens is 425 g/mol. The molecule has 1 atom stereocenters. The number of ether oxygens (including phenoxy) is 2. The first kappa shape index (κ1) is 23.3. The molecule has 1 N–H and O–H groups in total. The zero-order valence-electron chi connectivity index (χ0n) is 16.4. The van der Waals surface area contributed by atoms with E-state index in [9.17, 15) is 26.4 Å². The summed E-state index contributed by atoms with van der Waals surface area (Å²) in [5.74, 6) is -0.563. The minimum atomic E-state index is -4.83. The molecule has 0 radical (unpaired) electrons. The summed E-state index contributed by atoms with van der Waals surface area (Å²) in [5, 5.41) is 2.48. The number of rotatable bonds is 8. The molecule has 2 rings (SSSR count). The Bertz CT molecular complexity index is 961. The molecular formula is C19H21F3N2O5S. The fourth-order valence-corrected chi connectivity index (χ4v) is 3.83. The molecule has 0 heterocycles. The Labute approximate surface area is 172 Å².